The van der Waals surface area contributed by atoms with Crippen LogP contribution in [0.15, 0.2) is 66.7 Å². The summed E-state index contributed by atoms with van der Waals surface area (Å²) in [5.74, 6) is 2.08. The molecule has 0 aliphatic heterocycles. The van der Waals surface area contributed by atoms with Crippen molar-refractivity contribution in [2.75, 3.05) is 65.4 Å². The number of nitrogens with zero attached hydrogens (tertiary/aromatic N) is 3. The van der Waals surface area contributed by atoms with Crippen LogP contribution in [0.3, 0.4) is 0 Å². The number of aromatic amines is 1. The van der Waals surface area contributed by atoms with Gasteiger partial charge in [0.15, 0.2) is 11.5 Å². The predicted molar refractivity (Wildman–Crippen MR) is 147 cm³/mol. The molecule has 7 nitrogen and oxygen atoms in total. The maximum absolute atomic E-state index is 5.80. The molecule has 4 aromatic rings. The van der Waals surface area contributed by atoms with Gasteiger partial charge in [0.05, 0.1) is 25.1 Å². The van der Waals surface area contributed by atoms with Gasteiger partial charge >= 0.3 is 0 Å². The second-order valence-corrected chi connectivity index (χ2v) is 8.90. The summed E-state index contributed by atoms with van der Waals surface area (Å²) in [4.78, 5) is 12.8. The summed E-state index contributed by atoms with van der Waals surface area (Å²) in [5, 5.41) is 0. The number of hydrogen-bond acceptors (Lipinski definition) is 6. The Kier molecular flexibility index (Phi) is 7.80. The lowest BCUT2D eigenvalue weighted by Gasteiger charge is -2.13. The summed E-state index contributed by atoms with van der Waals surface area (Å²) in [6.07, 6.45) is 0. The fourth-order valence-corrected chi connectivity index (χ4v) is 3.94. The van der Waals surface area contributed by atoms with E-state index in [0.29, 0.717) is 24.7 Å². The number of hydrogen-bond donors (Lipinski definition) is 1. The van der Waals surface area contributed by atoms with Gasteiger partial charge in [0.2, 0.25) is 0 Å². The molecule has 188 valence electrons. The van der Waals surface area contributed by atoms with E-state index >= 15 is 0 Å². The average molecular weight is 487 g/mol. The number of imidazole rings is 1. The lowest BCUT2D eigenvalue weighted by atomic mass is 10.0. The molecule has 0 aliphatic rings. The van der Waals surface area contributed by atoms with Gasteiger partial charge in [0.25, 0.3) is 0 Å². The van der Waals surface area contributed by atoms with E-state index in [1.54, 1.807) is 14.2 Å². The number of anilines is 2. The van der Waals surface area contributed by atoms with Crippen molar-refractivity contribution in [1.82, 2.24) is 9.97 Å². The molecule has 0 unspecified atom stereocenters. The molecule has 4 rings (SSSR count). The monoisotopic (exact) mass is 486 g/mol. The van der Waals surface area contributed by atoms with Crippen LogP contribution in [0.1, 0.15) is 0 Å². The van der Waals surface area contributed by atoms with E-state index in [-0.39, 0.29) is 0 Å². The van der Waals surface area contributed by atoms with Crippen LogP contribution in [-0.2, 0) is 4.74 Å². The summed E-state index contributed by atoms with van der Waals surface area (Å²) < 4.78 is 16.5. The van der Waals surface area contributed by atoms with E-state index < -0.39 is 0 Å². The molecule has 0 fully saturated rings. The maximum atomic E-state index is 5.80. The molecular formula is C29H34N4O3. The minimum absolute atomic E-state index is 0.452. The van der Waals surface area contributed by atoms with Gasteiger partial charge in [-0.05, 0) is 42.5 Å². The number of rotatable bonds is 10. The van der Waals surface area contributed by atoms with Gasteiger partial charge in [-0.2, -0.15) is 0 Å². The Balaban J connectivity index is 1.77. The Morgan fingerprint density at radius 1 is 0.694 bits per heavy atom. The highest BCUT2D eigenvalue weighted by molar-refractivity contribution is 5.82. The van der Waals surface area contributed by atoms with E-state index in [1.165, 1.54) is 0 Å². The normalized spacial score (nSPS) is 10.8. The molecule has 0 saturated carbocycles. The fourth-order valence-electron chi connectivity index (χ4n) is 3.94. The smallest absolute Gasteiger partial charge is 0.161 e. The molecule has 1 aromatic heterocycles. The van der Waals surface area contributed by atoms with Crippen LogP contribution in [-0.4, -0.2) is 65.6 Å². The topological polar surface area (TPSA) is 62.9 Å². The standard InChI is InChI=1S/C29H34N4O3/c1-32(2)23-12-7-20(8-13-23)27-28(21-9-14-24(15-10-21)33(3)4)31-29(30-27)22-11-16-25(26(19-22)35-6)36-18-17-34-5/h7-16,19H,17-18H2,1-6H3,(H,30,31). The predicted octanol–water partition coefficient (Wildman–Crippen LogP) is 5.58. The van der Waals surface area contributed by atoms with E-state index in [2.05, 4.69) is 63.3 Å². The molecule has 0 bridgehead atoms. The molecule has 36 heavy (non-hydrogen) atoms. The van der Waals surface area contributed by atoms with Crippen LogP contribution in [0.4, 0.5) is 11.4 Å². The zero-order valence-electron chi connectivity index (χ0n) is 21.8. The maximum Gasteiger partial charge on any atom is 0.161 e. The highest BCUT2D eigenvalue weighted by Crippen LogP contribution is 2.37. The fraction of sp³-hybridized carbons (Fsp3) is 0.276. The highest BCUT2D eigenvalue weighted by atomic mass is 16.5. The van der Waals surface area contributed by atoms with Gasteiger partial charge in [0.1, 0.15) is 12.4 Å². The number of ether oxygens (including phenoxy) is 3. The first-order valence-electron chi connectivity index (χ1n) is 11.9. The second-order valence-electron chi connectivity index (χ2n) is 8.90. The lowest BCUT2D eigenvalue weighted by Crippen LogP contribution is -2.08. The third-order valence-electron chi connectivity index (χ3n) is 6.02. The molecule has 7 heteroatoms. The molecule has 1 heterocycles. The van der Waals surface area contributed by atoms with Crippen molar-refractivity contribution in [1.29, 1.82) is 0 Å². The van der Waals surface area contributed by atoms with Gasteiger partial charge in [-0.1, -0.05) is 24.3 Å². The summed E-state index contributed by atoms with van der Waals surface area (Å²) in [6, 6.07) is 22.8. The molecular weight excluding hydrogens is 452 g/mol. The van der Waals surface area contributed by atoms with Crippen LogP contribution in [0.2, 0.25) is 0 Å². The molecule has 0 amide bonds. The van der Waals surface area contributed by atoms with Gasteiger partial charge in [-0.3, -0.25) is 0 Å². The minimum atomic E-state index is 0.452. The van der Waals surface area contributed by atoms with E-state index in [0.717, 1.165) is 45.3 Å². The van der Waals surface area contributed by atoms with Crippen molar-refractivity contribution >= 4 is 11.4 Å². The summed E-state index contributed by atoms with van der Waals surface area (Å²) >= 11 is 0. The Morgan fingerprint density at radius 3 is 1.83 bits per heavy atom. The van der Waals surface area contributed by atoms with Gasteiger partial charge in [0, 0.05) is 63.4 Å². The van der Waals surface area contributed by atoms with E-state index in [4.69, 9.17) is 19.2 Å². The quantitative estimate of drug-likeness (QED) is 0.296. The van der Waals surface area contributed by atoms with Crippen LogP contribution in [0.5, 0.6) is 11.5 Å². The third-order valence-corrected chi connectivity index (χ3v) is 6.02. The summed E-state index contributed by atoms with van der Waals surface area (Å²) in [7, 11) is 11.4. The minimum Gasteiger partial charge on any atom is -0.493 e. The zero-order chi connectivity index (χ0) is 25.7. The van der Waals surface area contributed by atoms with Crippen molar-refractivity contribution in [3.05, 3.63) is 66.7 Å². The molecule has 3 aromatic carbocycles. The van der Waals surface area contributed by atoms with Gasteiger partial charge in [-0.15, -0.1) is 0 Å². The Labute approximate surface area is 213 Å². The number of nitrogens with one attached hydrogen (secondary N) is 1. The third kappa shape index (κ3) is 5.47. The van der Waals surface area contributed by atoms with Crippen molar-refractivity contribution in [3.63, 3.8) is 0 Å². The molecule has 0 radical (unpaired) electrons. The van der Waals surface area contributed by atoms with Crippen LogP contribution in [0.25, 0.3) is 33.9 Å². The zero-order valence-corrected chi connectivity index (χ0v) is 21.8. The molecule has 0 spiro atoms. The van der Waals surface area contributed by atoms with Crippen molar-refractivity contribution in [2.24, 2.45) is 0 Å². The van der Waals surface area contributed by atoms with Crippen LogP contribution in [0, 0.1) is 0 Å². The van der Waals surface area contributed by atoms with Crippen LogP contribution >= 0.6 is 0 Å². The van der Waals surface area contributed by atoms with E-state index in [9.17, 15) is 0 Å². The highest BCUT2D eigenvalue weighted by Gasteiger charge is 2.17. The number of aromatic nitrogens is 2. The Hall–Kier alpha value is -3.97. The number of H-pyrrole nitrogens is 1. The average Bonchev–Trinajstić information content (AvgIpc) is 3.34. The first kappa shape index (κ1) is 25.1. The van der Waals surface area contributed by atoms with Gasteiger partial charge < -0.3 is 29.0 Å². The molecule has 1 N–H and O–H groups in total. The molecule has 0 aliphatic carbocycles. The Bertz CT molecular complexity index is 1210. The largest absolute Gasteiger partial charge is 0.493 e. The second kappa shape index (κ2) is 11.2. The van der Waals surface area contributed by atoms with Crippen molar-refractivity contribution in [3.8, 4) is 45.4 Å². The first-order chi connectivity index (χ1) is 17.4. The summed E-state index contributed by atoms with van der Waals surface area (Å²) in [5.41, 5.74) is 7.16. The van der Waals surface area contributed by atoms with Crippen molar-refractivity contribution in [2.45, 2.75) is 0 Å². The Morgan fingerprint density at radius 2 is 1.28 bits per heavy atom. The first-order valence-corrected chi connectivity index (χ1v) is 11.9. The van der Waals surface area contributed by atoms with E-state index in [1.807, 2.05) is 46.4 Å². The SMILES string of the molecule is COCCOc1ccc(-c2nc(-c3ccc(N(C)C)cc3)c(-c3ccc(N(C)C)cc3)[nH]2)cc1OC. The van der Waals surface area contributed by atoms with Gasteiger partial charge in [-0.25, -0.2) is 4.98 Å². The van der Waals surface area contributed by atoms with Crippen LogP contribution < -0.4 is 19.3 Å². The van der Waals surface area contributed by atoms with Crippen molar-refractivity contribution < 1.29 is 14.2 Å². The summed E-state index contributed by atoms with van der Waals surface area (Å²) in [6.45, 7) is 0.960. The molecule has 0 saturated heterocycles. The lowest BCUT2D eigenvalue weighted by molar-refractivity contribution is 0.144. The number of methoxy groups -OCH3 is 2. The number of benzene rings is 3. The molecule has 0 atom stereocenters.